The fraction of sp³-hybridized carbons (Fsp3) is 0.857. The second-order valence-corrected chi connectivity index (χ2v) is 3.05. The van der Waals surface area contributed by atoms with Gasteiger partial charge in [-0.2, -0.15) is 5.26 Å². The largest absolute Gasteiger partial charge is 0.632 e. The first-order valence-electron chi connectivity index (χ1n) is 3.65. The zero-order chi connectivity index (χ0) is 8.48. The van der Waals surface area contributed by atoms with Gasteiger partial charge in [-0.05, 0) is 6.92 Å². The number of nitrogens with zero attached hydrogens (tertiary/aromatic N) is 2. The van der Waals surface area contributed by atoms with Crippen molar-refractivity contribution in [2.75, 3.05) is 20.2 Å². The maximum atomic E-state index is 11.5. The average molecular weight is 156 g/mol. The number of rotatable bonds is 0. The Morgan fingerprint density at radius 2 is 2.36 bits per heavy atom. The van der Waals surface area contributed by atoms with Crippen LogP contribution in [0.25, 0.3) is 0 Å². The van der Waals surface area contributed by atoms with Crippen LogP contribution in [0.3, 0.4) is 0 Å². The summed E-state index contributed by atoms with van der Waals surface area (Å²) < 4.78 is 4.69. The van der Waals surface area contributed by atoms with Crippen molar-refractivity contribution in [2.24, 2.45) is 0 Å². The molecule has 0 aliphatic carbocycles. The van der Waals surface area contributed by atoms with E-state index in [0.29, 0.717) is 13.2 Å². The van der Waals surface area contributed by atoms with Crippen molar-refractivity contribution in [1.29, 1.82) is 5.26 Å². The number of morpholine rings is 1. The molecule has 11 heavy (non-hydrogen) atoms. The van der Waals surface area contributed by atoms with E-state index in [4.69, 9.17) is 10.00 Å². The van der Waals surface area contributed by atoms with Crippen molar-refractivity contribution in [3.63, 3.8) is 0 Å². The first-order chi connectivity index (χ1) is 5.08. The Hall–Kier alpha value is -0.630. The molecular formula is C7H12N2O2. The first-order valence-corrected chi connectivity index (χ1v) is 3.65. The fourth-order valence-corrected chi connectivity index (χ4v) is 1.32. The molecule has 4 nitrogen and oxygen atoms in total. The molecule has 3 unspecified atom stereocenters. The third-order valence-electron chi connectivity index (χ3n) is 2.08. The van der Waals surface area contributed by atoms with E-state index in [2.05, 4.69) is 0 Å². The summed E-state index contributed by atoms with van der Waals surface area (Å²) in [5.74, 6) is 0. The van der Waals surface area contributed by atoms with Crippen molar-refractivity contribution in [1.82, 2.24) is 0 Å². The van der Waals surface area contributed by atoms with E-state index in [9.17, 15) is 5.21 Å². The number of hydrogen-bond donors (Lipinski definition) is 0. The molecule has 0 saturated carbocycles. The summed E-state index contributed by atoms with van der Waals surface area (Å²) in [5.41, 5.74) is 0. The number of likely N-dealkylation sites (N-methyl/N-ethyl adjacent to an activating group) is 1. The molecule has 4 heteroatoms. The van der Waals surface area contributed by atoms with Gasteiger partial charge in [0.2, 0.25) is 6.04 Å². The lowest BCUT2D eigenvalue weighted by atomic mass is 10.1. The summed E-state index contributed by atoms with van der Waals surface area (Å²) in [7, 11) is 1.52. The Bertz CT molecular complexity index is 185. The van der Waals surface area contributed by atoms with E-state index in [1.807, 2.05) is 6.07 Å². The third-order valence-corrected chi connectivity index (χ3v) is 2.08. The highest BCUT2D eigenvalue weighted by atomic mass is 16.6. The van der Waals surface area contributed by atoms with Crippen LogP contribution >= 0.6 is 0 Å². The molecule has 0 amide bonds. The van der Waals surface area contributed by atoms with Crippen LogP contribution in [0.15, 0.2) is 0 Å². The lowest BCUT2D eigenvalue weighted by Crippen LogP contribution is -2.57. The third kappa shape index (κ3) is 1.51. The molecule has 1 saturated heterocycles. The van der Waals surface area contributed by atoms with E-state index in [1.54, 1.807) is 6.92 Å². The first kappa shape index (κ1) is 8.47. The highest BCUT2D eigenvalue weighted by molar-refractivity contribution is 4.91. The van der Waals surface area contributed by atoms with Crippen molar-refractivity contribution in [2.45, 2.75) is 19.1 Å². The molecule has 0 aromatic rings. The number of nitriles is 1. The van der Waals surface area contributed by atoms with Crippen LogP contribution in [-0.2, 0) is 4.74 Å². The zero-order valence-corrected chi connectivity index (χ0v) is 6.78. The van der Waals surface area contributed by atoms with E-state index >= 15 is 0 Å². The number of ether oxygens (including phenoxy) is 1. The molecule has 0 radical (unpaired) electrons. The maximum absolute atomic E-state index is 11.5. The van der Waals surface area contributed by atoms with Gasteiger partial charge in [0.1, 0.15) is 18.7 Å². The van der Waals surface area contributed by atoms with E-state index < -0.39 is 10.7 Å². The van der Waals surface area contributed by atoms with Gasteiger partial charge in [-0.25, -0.2) is 0 Å². The summed E-state index contributed by atoms with van der Waals surface area (Å²) in [6.45, 7) is 2.60. The van der Waals surface area contributed by atoms with Crippen LogP contribution in [-0.4, -0.2) is 37.0 Å². The van der Waals surface area contributed by atoms with E-state index in [0.717, 1.165) is 0 Å². The topological polar surface area (TPSA) is 56.1 Å². The lowest BCUT2D eigenvalue weighted by Gasteiger charge is -2.47. The van der Waals surface area contributed by atoms with E-state index in [1.165, 1.54) is 7.05 Å². The minimum absolute atomic E-state index is 0.240. The van der Waals surface area contributed by atoms with Crippen molar-refractivity contribution >= 4 is 0 Å². The molecule has 1 aliphatic heterocycles. The van der Waals surface area contributed by atoms with Crippen LogP contribution in [0.2, 0.25) is 0 Å². The van der Waals surface area contributed by atoms with E-state index in [-0.39, 0.29) is 6.10 Å². The summed E-state index contributed by atoms with van der Waals surface area (Å²) in [6.07, 6.45) is -0.240. The predicted molar refractivity (Wildman–Crippen MR) is 39.2 cm³/mol. The Morgan fingerprint density at radius 3 is 2.73 bits per heavy atom. The monoisotopic (exact) mass is 156 g/mol. The molecule has 1 fully saturated rings. The Labute approximate surface area is 66.1 Å². The fourth-order valence-electron chi connectivity index (χ4n) is 1.32. The maximum Gasteiger partial charge on any atom is 0.202 e. The van der Waals surface area contributed by atoms with Gasteiger partial charge in [0.15, 0.2) is 0 Å². The highest BCUT2D eigenvalue weighted by Gasteiger charge is 2.34. The predicted octanol–water partition coefficient (Wildman–Crippen LogP) is 0.242. The van der Waals surface area contributed by atoms with Gasteiger partial charge >= 0.3 is 0 Å². The molecule has 1 rings (SSSR count). The number of hydrogen-bond acceptors (Lipinski definition) is 3. The zero-order valence-electron chi connectivity index (χ0n) is 6.78. The number of quaternary nitrogens is 1. The second-order valence-electron chi connectivity index (χ2n) is 3.05. The van der Waals surface area contributed by atoms with Gasteiger partial charge in [0.05, 0.1) is 13.7 Å². The van der Waals surface area contributed by atoms with Crippen molar-refractivity contribution < 1.29 is 9.38 Å². The molecule has 0 aromatic heterocycles. The molecule has 0 spiro atoms. The van der Waals surface area contributed by atoms with Gasteiger partial charge in [-0.15, -0.1) is 0 Å². The minimum atomic E-state index is -0.566. The molecule has 0 aromatic carbocycles. The quantitative estimate of drug-likeness (QED) is 0.373. The van der Waals surface area contributed by atoms with Crippen LogP contribution in [0.1, 0.15) is 6.92 Å². The molecule has 62 valence electrons. The Balaban J connectivity index is 2.74. The Morgan fingerprint density at radius 1 is 1.73 bits per heavy atom. The van der Waals surface area contributed by atoms with Crippen LogP contribution in [0, 0.1) is 16.5 Å². The molecule has 0 N–H and O–H groups in total. The number of hydroxylamine groups is 3. The Kier molecular flexibility index (Phi) is 2.14. The summed E-state index contributed by atoms with van der Waals surface area (Å²) >= 11 is 0. The summed E-state index contributed by atoms with van der Waals surface area (Å²) in [6, 6.07) is 1.41. The molecule has 1 aliphatic rings. The molecule has 0 bridgehead atoms. The normalized spacial score (nSPS) is 44.9. The summed E-state index contributed by atoms with van der Waals surface area (Å²) in [5, 5.41) is 20.2. The smallest absolute Gasteiger partial charge is 0.202 e. The van der Waals surface area contributed by atoms with Gasteiger partial charge in [0, 0.05) is 0 Å². The van der Waals surface area contributed by atoms with Crippen LogP contribution < -0.4 is 0 Å². The second kappa shape index (κ2) is 2.78. The minimum Gasteiger partial charge on any atom is -0.632 e. The van der Waals surface area contributed by atoms with Gasteiger partial charge in [-0.3, -0.25) is 0 Å². The van der Waals surface area contributed by atoms with Crippen LogP contribution in [0.4, 0.5) is 0 Å². The molecule has 1 heterocycles. The standard InChI is InChI=1S/C7H12N2O2/c1-6-7(5-8)9(2,10)3-4-11-6/h6-7H,3-4H2,1-2H3. The lowest BCUT2D eigenvalue weighted by molar-refractivity contribution is -0.890. The SMILES string of the molecule is CC1OCC[N+](C)([O-])C1C#N. The van der Waals surface area contributed by atoms with Crippen molar-refractivity contribution in [3.05, 3.63) is 5.21 Å². The highest BCUT2D eigenvalue weighted by Crippen LogP contribution is 2.18. The van der Waals surface area contributed by atoms with Crippen LogP contribution in [0.5, 0.6) is 0 Å². The van der Waals surface area contributed by atoms with Gasteiger partial charge in [-0.1, -0.05) is 0 Å². The van der Waals surface area contributed by atoms with Crippen molar-refractivity contribution in [3.8, 4) is 6.07 Å². The average Bonchev–Trinajstić information content (AvgIpc) is 1.86. The summed E-state index contributed by atoms with van der Waals surface area (Å²) in [4.78, 5) is 0. The van der Waals surface area contributed by atoms with Gasteiger partial charge in [0.25, 0.3) is 0 Å². The molecule has 3 atom stereocenters. The molecular weight excluding hydrogens is 144 g/mol. The van der Waals surface area contributed by atoms with Gasteiger partial charge < -0.3 is 14.6 Å².